The Morgan fingerprint density at radius 1 is 1.05 bits per heavy atom. The van der Waals surface area contributed by atoms with E-state index in [2.05, 4.69) is 10.2 Å². The van der Waals surface area contributed by atoms with Crippen molar-refractivity contribution in [1.82, 2.24) is 10.2 Å². The van der Waals surface area contributed by atoms with E-state index in [-0.39, 0.29) is 17.9 Å². The topological polar surface area (TPSA) is 69.6 Å². The first-order valence-electron chi connectivity index (χ1n) is 8.08. The summed E-state index contributed by atoms with van der Waals surface area (Å²) in [5.41, 5.74) is -0.744. The molecule has 2 aliphatic carbocycles. The smallest absolute Gasteiger partial charge is 0.310 e. The Kier molecular flexibility index (Phi) is 4.91. The number of aliphatic carboxylic acids is 1. The molecule has 120 valence electrons. The fourth-order valence-corrected chi connectivity index (χ4v) is 3.69. The second kappa shape index (κ2) is 6.34. The average molecular weight is 296 g/mol. The first-order valence-corrected chi connectivity index (χ1v) is 8.08. The van der Waals surface area contributed by atoms with Crippen LogP contribution >= 0.6 is 0 Å². The van der Waals surface area contributed by atoms with Gasteiger partial charge in [-0.3, -0.25) is 9.59 Å². The third-order valence-corrected chi connectivity index (χ3v) is 5.61. The fraction of sp³-hybridized carbons (Fsp3) is 0.875. The van der Waals surface area contributed by atoms with Gasteiger partial charge in [-0.05, 0) is 46.2 Å². The molecule has 0 saturated heterocycles. The van der Waals surface area contributed by atoms with Gasteiger partial charge in [-0.1, -0.05) is 19.3 Å². The van der Waals surface area contributed by atoms with Crippen molar-refractivity contribution in [2.75, 3.05) is 20.6 Å². The Labute approximate surface area is 127 Å². The molecule has 0 aliphatic heterocycles. The zero-order valence-corrected chi connectivity index (χ0v) is 13.3. The highest BCUT2D eigenvalue weighted by Gasteiger charge is 2.43. The molecular weight excluding hydrogens is 268 g/mol. The van der Waals surface area contributed by atoms with Crippen molar-refractivity contribution in [1.29, 1.82) is 0 Å². The highest BCUT2D eigenvalue weighted by Crippen LogP contribution is 2.40. The Balaban J connectivity index is 1.89. The van der Waals surface area contributed by atoms with Crippen molar-refractivity contribution in [3.63, 3.8) is 0 Å². The zero-order chi connectivity index (χ0) is 15.5. The van der Waals surface area contributed by atoms with E-state index in [1.54, 1.807) is 0 Å². The van der Waals surface area contributed by atoms with E-state index in [4.69, 9.17) is 0 Å². The fourth-order valence-electron chi connectivity index (χ4n) is 3.69. The van der Waals surface area contributed by atoms with Crippen LogP contribution in [0.1, 0.15) is 57.8 Å². The minimum atomic E-state index is -0.826. The van der Waals surface area contributed by atoms with Gasteiger partial charge in [0.1, 0.15) is 0 Å². The summed E-state index contributed by atoms with van der Waals surface area (Å²) in [7, 11) is 4.09. The summed E-state index contributed by atoms with van der Waals surface area (Å²) in [6.45, 7) is 0.633. The number of carboxylic acids is 1. The Hall–Kier alpha value is -1.10. The number of carboxylic acid groups (broad SMARTS) is 1. The van der Waals surface area contributed by atoms with E-state index < -0.39 is 11.4 Å². The van der Waals surface area contributed by atoms with Crippen LogP contribution in [0.15, 0.2) is 0 Å². The number of carbonyl (C=O) groups excluding carboxylic acids is 1. The molecule has 0 aromatic rings. The van der Waals surface area contributed by atoms with E-state index in [9.17, 15) is 14.7 Å². The van der Waals surface area contributed by atoms with Crippen LogP contribution in [0.4, 0.5) is 0 Å². The number of hydrogen-bond donors (Lipinski definition) is 2. The maximum absolute atomic E-state index is 12.2. The third kappa shape index (κ3) is 3.39. The lowest BCUT2D eigenvalue weighted by atomic mass is 9.71. The first kappa shape index (κ1) is 16.3. The van der Waals surface area contributed by atoms with E-state index in [1.165, 1.54) is 6.42 Å². The van der Waals surface area contributed by atoms with Crippen LogP contribution in [0.3, 0.4) is 0 Å². The van der Waals surface area contributed by atoms with Crippen molar-refractivity contribution in [3.8, 4) is 0 Å². The van der Waals surface area contributed by atoms with Gasteiger partial charge in [0.2, 0.25) is 5.91 Å². The molecule has 2 fully saturated rings. The zero-order valence-electron chi connectivity index (χ0n) is 13.3. The molecular formula is C16H28N2O3. The van der Waals surface area contributed by atoms with Crippen LogP contribution in [0, 0.1) is 5.41 Å². The van der Waals surface area contributed by atoms with Crippen LogP contribution < -0.4 is 5.32 Å². The first-order chi connectivity index (χ1) is 9.90. The molecule has 2 N–H and O–H groups in total. The molecule has 0 spiro atoms. The summed E-state index contributed by atoms with van der Waals surface area (Å²) < 4.78 is 0. The summed E-state index contributed by atoms with van der Waals surface area (Å²) in [4.78, 5) is 26.0. The van der Waals surface area contributed by atoms with E-state index >= 15 is 0 Å². The van der Waals surface area contributed by atoms with Crippen molar-refractivity contribution >= 4 is 11.9 Å². The van der Waals surface area contributed by atoms with Crippen LogP contribution in [-0.4, -0.2) is 48.1 Å². The predicted octanol–water partition coefficient (Wildman–Crippen LogP) is 2.01. The highest BCUT2D eigenvalue weighted by atomic mass is 16.4. The number of amides is 1. The van der Waals surface area contributed by atoms with Gasteiger partial charge in [0.05, 0.1) is 5.41 Å². The third-order valence-electron chi connectivity index (χ3n) is 5.61. The van der Waals surface area contributed by atoms with E-state index in [0.717, 1.165) is 32.1 Å². The molecule has 5 heteroatoms. The largest absolute Gasteiger partial charge is 0.481 e. The van der Waals surface area contributed by atoms with E-state index in [1.807, 2.05) is 14.1 Å². The van der Waals surface area contributed by atoms with Crippen LogP contribution in [-0.2, 0) is 9.59 Å². The van der Waals surface area contributed by atoms with Crippen molar-refractivity contribution in [2.45, 2.75) is 63.3 Å². The lowest BCUT2D eigenvalue weighted by molar-refractivity contribution is -0.154. The minimum absolute atomic E-state index is 0.0820. The molecule has 5 nitrogen and oxygen atoms in total. The minimum Gasteiger partial charge on any atom is -0.481 e. The monoisotopic (exact) mass is 296 g/mol. The van der Waals surface area contributed by atoms with Crippen molar-refractivity contribution < 1.29 is 14.7 Å². The quantitative estimate of drug-likeness (QED) is 0.786. The molecule has 1 amide bonds. The summed E-state index contributed by atoms with van der Waals surface area (Å²) in [6, 6.07) is 0. The predicted molar refractivity (Wildman–Crippen MR) is 81.0 cm³/mol. The van der Waals surface area contributed by atoms with Crippen LogP contribution in [0.5, 0.6) is 0 Å². The SMILES string of the molecule is CN(C)C1(CNC(=O)CC2(C(=O)O)CCCCC2)CCC1. The van der Waals surface area contributed by atoms with Gasteiger partial charge in [-0.25, -0.2) is 0 Å². The second-order valence-corrected chi connectivity index (χ2v) is 7.07. The van der Waals surface area contributed by atoms with Crippen molar-refractivity contribution in [2.24, 2.45) is 5.41 Å². The number of likely N-dealkylation sites (N-methyl/N-ethyl adjacent to an activating group) is 1. The second-order valence-electron chi connectivity index (χ2n) is 7.07. The summed E-state index contributed by atoms with van der Waals surface area (Å²) in [5, 5.41) is 12.5. The highest BCUT2D eigenvalue weighted by molar-refractivity contribution is 5.85. The molecule has 21 heavy (non-hydrogen) atoms. The summed E-state index contributed by atoms with van der Waals surface area (Å²) in [5.74, 6) is -0.907. The molecule has 0 heterocycles. The Bertz CT molecular complexity index is 396. The molecule has 0 radical (unpaired) electrons. The molecule has 0 unspecified atom stereocenters. The molecule has 2 rings (SSSR count). The average Bonchev–Trinajstić information content (AvgIpc) is 2.37. The maximum Gasteiger partial charge on any atom is 0.310 e. The number of nitrogens with one attached hydrogen (secondary N) is 1. The lowest BCUT2D eigenvalue weighted by Gasteiger charge is -2.47. The van der Waals surface area contributed by atoms with Crippen LogP contribution in [0.25, 0.3) is 0 Å². The number of hydrogen-bond acceptors (Lipinski definition) is 3. The number of carbonyl (C=O) groups is 2. The molecule has 2 saturated carbocycles. The van der Waals surface area contributed by atoms with Gasteiger partial charge in [0.25, 0.3) is 0 Å². The van der Waals surface area contributed by atoms with Gasteiger partial charge in [0.15, 0.2) is 0 Å². The molecule has 0 aromatic heterocycles. The molecule has 2 aliphatic rings. The Morgan fingerprint density at radius 3 is 2.10 bits per heavy atom. The summed E-state index contributed by atoms with van der Waals surface area (Å²) >= 11 is 0. The van der Waals surface area contributed by atoms with Gasteiger partial charge in [-0.15, -0.1) is 0 Å². The van der Waals surface area contributed by atoms with Gasteiger partial charge in [-0.2, -0.15) is 0 Å². The van der Waals surface area contributed by atoms with Gasteiger partial charge < -0.3 is 15.3 Å². The Morgan fingerprint density at radius 2 is 1.67 bits per heavy atom. The van der Waals surface area contributed by atoms with Crippen molar-refractivity contribution in [3.05, 3.63) is 0 Å². The number of nitrogens with zero attached hydrogens (tertiary/aromatic N) is 1. The normalized spacial score (nSPS) is 23.4. The maximum atomic E-state index is 12.2. The summed E-state index contributed by atoms with van der Waals surface area (Å²) in [6.07, 6.45) is 7.72. The van der Waals surface area contributed by atoms with E-state index in [0.29, 0.717) is 19.4 Å². The van der Waals surface area contributed by atoms with Crippen LogP contribution in [0.2, 0.25) is 0 Å². The van der Waals surface area contributed by atoms with Gasteiger partial charge >= 0.3 is 5.97 Å². The molecule has 0 atom stereocenters. The standard InChI is InChI=1S/C16H28N2O3/c1-18(2)16(9-6-10-16)12-17-13(19)11-15(14(20)21)7-4-3-5-8-15/h3-12H2,1-2H3,(H,17,19)(H,20,21). The van der Waals surface area contributed by atoms with Gasteiger partial charge in [0, 0.05) is 18.5 Å². The lowest BCUT2D eigenvalue weighted by Crippen LogP contribution is -2.57. The molecule has 0 bridgehead atoms. The molecule has 0 aromatic carbocycles. The number of rotatable bonds is 6.